The maximum atomic E-state index is 14.9. The Morgan fingerprint density at radius 3 is 2.40 bits per heavy atom. The van der Waals surface area contributed by atoms with Crippen LogP contribution in [0.1, 0.15) is 29.5 Å². The standard InChI is InChI=1S/C35H29FN6O6/c1-47-31-9-6-22(16-30(31)44)28-19-39-34(27(18-38)33(28)23-4-5-24(17-37)29(36)15-23)42-12-10-26(11-13-42)40-25-7-2-21(3-8-25)14-32(48-20-43)35(45)41-46/h2-9,14-16,19-20,26,40,44,46H,10-13H2,1H3,(H,41,45)/b32-14+. The van der Waals surface area contributed by atoms with Gasteiger partial charge in [0.2, 0.25) is 0 Å². The molecule has 1 fully saturated rings. The Morgan fingerprint density at radius 1 is 1.06 bits per heavy atom. The van der Waals surface area contributed by atoms with Gasteiger partial charge in [-0.25, -0.2) is 14.9 Å². The van der Waals surface area contributed by atoms with E-state index >= 15 is 0 Å². The first-order valence-electron chi connectivity index (χ1n) is 14.7. The van der Waals surface area contributed by atoms with E-state index in [-0.39, 0.29) is 40.9 Å². The van der Waals surface area contributed by atoms with Crippen LogP contribution in [0.4, 0.5) is 15.9 Å². The van der Waals surface area contributed by atoms with Gasteiger partial charge in [0.1, 0.15) is 29.3 Å². The number of carbonyl (C=O) groups excluding carboxylic acids is 2. The van der Waals surface area contributed by atoms with Crippen molar-refractivity contribution in [2.75, 3.05) is 30.4 Å². The van der Waals surface area contributed by atoms with E-state index < -0.39 is 11.7 Å². The van der Waals surface area contributed by atoms with E-state index in [1.165, 1.54) is 36.9 Å². The Labute approximate surface area is 274 Å². The summed E-state index contributed by atoms with van der Waals surface area (Å²) >= 11 is 0. The number of phenolic OH excluding ortho intramolecular Hbond substituents is 1. The summed E-state index contributed by atoms with van der Waals surface area (Å²) in [6, 6.07) is 20.2. The van der Waals surface area contributed by atoms with Crippen LogP contribution in [-0.4, -0.2) is 53.9 Å². The summed E-state index contributed by atoms with van der Waals surface area (Å²) in [7, 11) is 1.43. The smallest absolute Gasteiger partial charge is 0.310 e. The van der Waals surface area contributed by atoms with Crippen LogP contribution in [0.2, 0.25) is 0 Å². The number of carbonyl (C=O) groups is 2. The summed E-state index contributed by atoms with van der Waals surface area (Å²) in [5.41, 5.74) is 4.76. The van der Waals surface area contributed by atoms with E-state index in [1.54, 1.807) is 36.5 Å². The van der Waals surface area contributed by atoms with Gasteiger partial charge in [-0.1, -0.05) is 24.3 Å². The number of anilines is 2. The molecular weight excluding hydrogens is 619 g/mol. The molecule has 0 spiro atoms. The number of amides is 1. The third-order valence-electron chi connectivity index (χ3n) is 7.91. The highest BCUT2D eigenvalue weighted by Gasteiger charge is 2.26. The van der Waals surface area contributed by atoms with Gasteiger partial charge in [-0.2, -0.15) is 10.5 Å². The molecule has 3 aromatic carbocycles. The van der Waals surface area contributed by atoms with Crippen molar-refractivity contribution in [2.45, 2.75) is 18.9 Å². The number of methoxy groups -OCH3 is 1. The van der Waals surface area contributed by atoms with Gasteiger partial charge < -0.3 is 24.8 Å². The fourth-order valence-corrected chi connectivity index (χ4v) is 5.54. The number of benzene rings is 3. The van der Waals surface area contributed by atoms with E-state index in [1.807, 2.05) is 23.1 Å². The predicted molar refractivity (Wildman–Crippen MR) is 173 cm³/mol. The van der Waals surface area contributed by atoms with Crippen molar-refractivity contribution in [3.05, 3.63) is 95.1 Å². The molecule has 13 heteroatoms. The number of phenols is 1. The van der Waals surface area contributed by atoms with E-state index in [0.717, 1.165) is 5.69 Å². The molecule has 0 saturated carbocycles. The van der Waals surface area contributed by atoms with Crippen molar-refractivity contribution in [2.24, 2.45) is 0 Å². The van der Waals surface area contributed by atoms with Crippen molar-refractivity contribution in [3.63, 3.8) is 0 Å². The number of hydrogen-bond donors (Lipinski definition) is 4. The minimum atomic E-state index is -0.962. The number of nitrogens with one attached hydrogen (secondary N) is 2. The fourth-order valence-electron chi connectivity index (χ4n) is 5.54. The zero-order chi connectivity index (χ0) is 34.2. The molecule has 4 aromatic rings. The number of pyridine rings is 1. The average Bonchev–Trinajstić information content (AvgIpc) is 3.11. The average molecular weight is 649 g/mol. The van der Waals surface area contributed by atoms with Gasteiger partial charge in [0.05, 0.1) is 12.7 Å². The molecule has 1 aliphatic rings. The maximum absolute atomic E-state index is 14.9. The number of piperidine rings is 1. The highest BCUT2D eigenvalue weighted by atomic mass is 19.1. The van der Waals surface area contributed by atoms with Crippen molar-refractivity contribution in [1.29, 1.82) is 10.5 Å². The van der Waals surface area contributed by atoms with Crippen LogP contribution in [0, 0.1) is 28.5 Å². The predicted octanol–water partition coefficient (Wildman–Crippen LogP) is 5.11. The zero-order valence-electron chi connectivity index (χ0n) is 25.6. The highest BCUT2D eigenvalue weighted by Crippen LogP contribution is 2.41. The second-order valence-electron chi connectivity index (χ2n) is 10.7. The molecule has 12 nitrogen and oxygen atoms in total. The molecule has 0 atom stereocenters. The second-order valence-corrected chi connectivity index (χ2v) is 10.7. The molecule has 1 aromatic heterocycles. The van der Waals surface area contributed by atoms with Gasteiger partial charge in [0, 0.05) is 42.1 Å². The Kier molecular flexibility index (Phi) is 10.1. The number of rotatable bonds is 10. The first-order valence-corrected chi connectivity index (χ1v) is 14.7. The van der Waals surface area contributed by atoms with Gasteiger partial charge >= 0.3 is 5.91 Å². The normalized spacial score (nSPS) is 13.2. The summed E-state index contributed by atoms with van der Waals surface area (Å²) in [6.45, 7) is 1.21. The second kappa shape index (κ2) is 14.8. The summed E-state index contributed by atoms with van der Waals surface area (Å²) in [5.74, 6) is -1.45. The van der Waals surface area contributed by atoms with Crippen molar-refractivity contribution < 1.29 is 33.8 Å². The molecule has 0 aliphatic carbocycles. The first kappa shape index (κ1) is 32.9. The number of nitriles is 2. The van der Waals surface area contributed by atoms with E-state index in [0.29, 0.717) is 59.6 Å². The lowest BCUT2D eigenvalue weighted by molar-refractivity contribution is -0.135. The van der Waals surface area contributed by atoms with Gasteiger partial charge in [0.25, 0.3) is 6.47 Å². The lowest BCUT2D eigenvalue weighted by atomic mass is 9.91. The Balaban J connectivity index is 1.39. The summed E-state index contributed by atoms with van der Waals surface area (Å²) in [5, 5.41) is 42.5. The molecule has 242 valence electrons. The quantitative estimate of drug-likeness (QED) is 0.0590. The van der Waals surface area contributed by atoms with Gasteiger partial charge in [-0.15, -0.1) is 0 Å². The van der Waals surface area contributed by atoms with Crippen LogP contribution >= 0.6 is 0 Å². The number of aromatic hydroxyl groups is 1. The minimum Gasteiger partial charge on any atom is -0.504 e. The topological polar surface area (TPSA) is 181 Å². The number of hydroxylamine groups is 1. The number of hydrogen-bond acceptors (Lipinski definition) is 11. The molecule has 0 bridgehead atoms. The molecule has 0 unspecified atom stereocenters. The third-order valence-corrected chi connectivity index (χ3v) is 7.91. The zero-order valence-corrected chi connectivity index (χ0v) is 25.6. The third kappa shape index (κ3) is 7.02. The number of ether oxygens (including phenoxy) is 2. The molecule has 1 amide bonds. The Bertz CT molecular complexity index is 1960. The molecule has 5 rings (SSSR count). The van der Waals surface area contributed by atoms with Gasteiger partial charge in [0.15, 0.2) is 17.3 Å². The lowest BCUT2D eigenvalue weighted by Crippen LogP contribution is -2.40. The summed E-state index contributed by atoms with van der Waals surface area (Å²) in [6.07, 6.45) is 4.32. The minimum absolute atomic E-state index is 0.0904. The van der Waals surface area contributed by atoms with E-state index in [4.69, 9.17) is 9.94 Å². The number of nitrogens with zero attached hydrogens (tertiary/aromatic N) is 4. The Morgan fingerprint density at radius 2 is 1.79 bits per heavy atom. The number of halogens is 1. The first-order chi connectivity index (χ1) is 23.3. The van der Waals surface area contributed by atoms with Crippen molar-refractivity contribution in [1.82, 2.24) is 10.5 Å². The van der Waals surface area contributed by atoms with E-state index in [2.05, 4.69) is 21.1 Å². The van der Waals surface area contributed by atoms with Crippen LogP contribution < -0.4 is 20.4 Å². The van der Waals surface area contributed by atoms with E-state index in [9.17, 15) is 29.6 Å². The monoisotopic (exact) mass is 648 g/mol. The molecule has 2 heterocycles. The van der Waals surface area contributed by atoms with Crippen LogP contribution in [0.3, 0.4) is 0 Å². The highest BCUT2D eigenvalue weighted by molar-refractivity contribution is 5.96. The maximum Gasteiger partial charge on any atom is 0.310 e. The van der Waals surface area contributed by atoms with Crippen LogP contribution in [0.5, 0.6) is 11.5 Å². The SMILES string of the molecule is COc1ccc(-c2cnc(N3CCC(Nc4ccc(/C=C(/OC=O)C(=O)NO)cc4)CC3)c(C#N)c2-c2ccc(C#N)c(F)c2)cc1O. The van der Waals surface area contributed by atoms with Crippen LogP contribution in [0.25, 0.3) is 28.3 Å². The van der Waals surface area contributed by atoms with Gasteiger partial charge in [-0.05, 0) is 72.0 Å². The van der Waals surface area contributed by atoms with Crippen molar-refractivity contribution in [3.8, 4) is 45.9 Å². The lowest BCUT2D eigenvalue weighted by Gasteiger charge is -2.34. The summed E-state index contributed by atoms with van der Waals surface area (Å²) < 4.78 is 24.7. The molecule has 48 heavy (non-hydrogen) atoms. The molecule has 4 N–H and O–H groups in total. The largest absolute Gasteiger partial charge is 0.504 e. The fraction of sp³-hybridized carbons (Fsp3) is 0.171. The van der Waals surface area contributed by atoms with Crippen LogP contribution in [-0.2, 0) is 14.3 Å². The van der Waals surface area contributed by atoms with Crippen LogP contribution in [0.15, 0.2) is 72.6 Å². The number of aromatic nitrogens is 1. The Hall–Kier alpha value is -6.44. The molecule has 1 saturated heterocycles. The van der Waals surface area contributed by atoms with Crippen molar-refractivity contribution >= 4 is 30.0 Å². The summed E-state index contributed by atoms with van der Waals surface area (Å²) in [4.78, 5) is 29.0. The molecule has 1 aliphatic heterocycles. The molecular formula is C35H29FN6O6. The van der Waals surface area contributed by atoms with Gasteiger partial charge in [-0.3, -0.25) is 14.8 Å². The molecule has 0 radical (unpaired) electrons.